The summed E-state index contributed by atoms with van der Waals surface area (Å²) in [5.74, 6) is 6.11. The Bertz CT molecular complexity index is 776. The summed E-state index contributed by atoms with van der Waals surface area (Å²) in [6.07, 6.45) is 2.23. The van der Waals surface area contributed by atoms with Gasteiger partial charge in [-0.1, -0.05) is 11.3 Å². The van der Waals surface area contributed by atoms with E-state index in [1.165, 1.54) is 0 Å². The largest absolute Gasteiger partial charge is 0.462 e. The summed E-state index contributed by atoms with van der Waals surface area (Å²) < 4.78 is 6.10. The van der Waals surface area contributed by atoms with E-state index < -0.39 is 0 Å². The highest BCUT2D eigenvalue weighted by atomic mass is 32.1. The Balaban J connectivity index is 1.83. The number of aromatic nitrogens is 1. The first-order valence-corrected chi connectivity index (χ1v) is 8.72. The maximum absolute atomic E-state index is 12.0. The number of hydrogen-bond donors (Lipinski definition) is 2. The molecule has 8 heteroatoms. The summed E-state index contributed by atoms with van der Waals surface area (Å²) in [4.78, 5) is 25.6. The third kappa shape index (κ3) is 3.23. The number of thiazole rings is 1. The summed E-state index contributed by atoms with van der Waals surface area (Å²) in [7, 11) is 0. The molecule has 1 aromatic heterocycles. The second-order valence-electron chi connectivity index (χ2n) is 5.51. The third-order valence-corrected chi connectivity index (χ3v) is 4.89. The lowest BCUT2D eigenvalue weighted by atomic mass is 10.2. The van der Waals surface area contributed by atoms with Crippen molar-refractivity contribution in [2.45, 2.75) is 19.8 Å². The van der Waals surface area contributed by atoms with Crippen molar-refractivity contribution < 1.29 is 9.53 Å². The van der Waals surface area contributed by atoms with Crippen LogP contribution in [0.4, 0.5) is 16.5 Å². The Morgan fingerprint density at radius 3 is 2.58 bits per heavy atom. The van der Waals surface area contributed by atoms with Gasteiger partial charge in [-0.05, 0) is 44.0 Å². The van der Waals surface area contributed by atoms with Gasteiger partial charge in [0.2, 0.25) is 0 Å². The van der Waals surface area contributed by atoms with Gasteiger partial charge in [0.05, 0.1) is 12.2 Å². The Labute approximate surface area is 143 Å². The average molecular weight is 348 g/mol. The smallest absolute Gasteiger partial charge is 0.338 e. The van der Waals surface area contributed by atoms with E-state index in [1.54, 1.807) is 31.2 Å². The SMILES string of the molecule is CCOC(=O)c1ccc(Nc2c(N3CCCC3)sc(=O)n2N)cc1. The Hall–Kier alpha value is -2.48. The second kappa shape index (κ2) is 6.96. The molecule has 0 saturated carbocycles. The predicted octanol–water partition coefficient (Wildman–Crippen LogP) is 2.14. The average Bonchev–Trinajstić information content (AvgIpc) is 3.20. The summed E-state index contributed by atoms with van der Waals surface area (Å²) in [5.41, 5.74) is 1.23. The van der Waals surface area contributed by atoms with E-state index in [4.69, 9.17) is 10.6 Å². The predicted molar refractivity (Wildman–Crippen MR) is 95.9 cm³/mol. The highest BCUT2D eigenvalue weighted by Gasteiger charge is 2.22. The van der Waals surface area contributed by atoms with Crippen molar-refractivity contribution in [1.82, 2.24) is 4.68 Å². The van der Waals surface area contributed by atoms with Gasteiger partial charge in [-0.15, -0.1) is 0 Å². The number of nitrogens with two attached hydrogens (primary N) is 1. The van der Waals surface area contributed by atoms with Crippen LogP contribution in [0.1, 0.15) is 30.1 Å². The van der Waals surface area contributed by atoms with Gasteiger partial charge in [0.25, 0.3) is 0 Å². The van der Waals surface area contributed by atoms with Crippen LogP contribution >= 0.6 is 11.3 Å². The van der Waals surface area contributed by atoms with Crippen molar-refractivity contribution in [2.75, 3.05) is 35.8 Å². The molecule has 0 unspecified atom stereocenters. The lowest BCUT2D eigenvalue weighted by Crippen LogP contribution is -2.24. The Morgan fingerprint density at radius 2 is 1.96 bits per heavy atom. The molecule has 2 heterocycles. The molecule has 0 radical (unpaired) electrons. The zero-order valence-corrected chi connectivity index (χ0v) is 14.3. The van der Waals surface area contributed by atoms with Crippen molar-refractivity contribution in [3.05, 3.63) is 39.5 Å². The summed E-state index contributed by atoms with van der Waals surface area (Å²) in [6.45, 7) is 3.96. The van der Waals surface area contributed by atoms with Crippen LogP contribution in [-0.2, 0) is 4.74 Å². The number of esters is 1. The minimum atomic E-state index is -0.354. The number of nitrogens with zero attached hydrogens (tertiary/aromatic N) is 2. The molecule has 0 spiro atoms. The molecule has 1 fully saturated rings. The van der Waals surface area contributed by atoms with Crippen molar-refractivity contribution in [2.24, 2.45) is 0 Å². The fourth-order valence-electron chi connectivity index (χ4n) is 2.66. The van der Waals surface area contributed by atoms with E-state index in [9.17, 15) is 9.59 Å². The number of carbonyl (C=O) groups is 1. The van der Waals surface area contributed by atoms with Gasteiger partial charge < -0.3 is 20.8 Å². The van der Waals surface area contributed by atoms with E-state index in [1.807, 2.05) is 0 Å². The molecule has 0 amide bonds. The van der Waals surface area contributed by atoms with Gasteiger partial charge in [-0.2, -0.15) is 4.68 Å². The zero-order valence-electron chi connectivity index (χ0n) is 13.4. The van der Waals surface area contributed by atoms with E-state index in [2.05, 4.69) is 10.2 Å². The monoisotopic (exact) mass is 348 g/mol. The van der Waals surface area contributed by atoms with Crippen molar-refractivity contribution >= 4 is 33.8 Å². The van der Waals surface area contributed by atoms with Crippen molar-refractivity contribution in [3.63, 3.8) is 0 Å². The minimum Gasteiger partial charge on any atom is -0.462 e. The molecule has 1 saturated heterocycles. The maximum Gasteiger partial charge on any atom is 0.338 e. The van der Waals surface area contributed by atoms with Crippen LogP contribution in [0.3, 0.4) is 0 Å². The lowest BCUT2D eigenvalue weighted by molar-refractivity contribution is 0.0526. The van der Waals surface area contributed by atoms with E-state index in [-0.39, 0.29) is 10.8 Å². The second-order valence-corrected chi connectivity index (χ2v) is 6.45. The zero-order chi connectivity index (χ0) is 17.1. The number of nitrogen functional groups attached to an aromatic ring is 1. The first-order valence-electron chi connectivity index (χ1n) is 7.90. The number of ether oxygens (including phenoxy) is 1. The third-order valence-electron chi connectivity index (χ3n) is 3.88. The van der Waals surface area contributed by atoms with Crippen LogP contribution in [0, 0.1) is 0 Å². The fraction of sp³-hybridized carbons (Fsp3) is 0.375. The topological polar surface area (TPSA) is 89.6 Å². The molecule has 24 heavy (non-hydrogen) atoms. The highest BCUT2D eigenvalue weighted by Crippen LogP contribution is 2.33. The molecule has 0 atom stereocenters. The normalized spacial score (nSPS) is 14.0. The Kier molecular flexibility index (Phi) is 4.75. The lowest BCUT2D eigenvalue weighted by Gasteiger charge is -2.18. The van der Waals surface area contributed by atoms with Gasteiger partial charge in [0.1, 0.15) is 5.00 Å². The van der Waals surface area contributed by atoms with Gasteiger partial charge in [0, 0.05) is 18.8 Å². The van der Waals surface area contributed by atoms with Crippen LogP contribution in [0.15, 0.2) is 29.1 Å². The van der Waals surface area contributed by atoms with Crippen LogP contribution in [0.2, 0.25) is 0 Å². The highest BCUT2D eigenvalue weighted by molar-refractivity contribution is 7.14. The number of anilines is 3. The molecule has 2 aromatic rings. The van der Waals surface area contributed by atoms with Crippen LogP contribution < -0.4 is 20.9 Å². The molecule has 1 aliphatic heterocycles. The molecule has 0 aliphatic carbocycles. The quantitative estimate of drug-likeness (QED) is 0.636. The van der Waals surface area contributed by atoms with E-state index in [0.717, 1.165) is 52.6 Å². The van der Waals surface area contributed by atoms with Crippen LogP contribution in [-0.4, -0.2) is 30.3 Å². The Morgan fingerprint density at radius 1 is 1.29 bits per heavy atom. The van der Waals surface area contributed by atoms with Crippen LogP contribution in [0.5, 0.6) is 0 Å². The standard InChI is InChI=1S/C16H20N4O3S/c1-2-23-15(21)11-5-7-12(8-6-11)18-13-14(19-9-3-4-10-19)24-16(22)20(13)17/h5-8,18H,2-4,9-10,17H2,1H3. The molecular weight excluding hydrogens is 328 g/mol. The van der Waals surface area contributed by atoms with E-state index in [0.29, 0.717) is 18.0 Å². The molecule has 128 valence electrons. The summed E-state index contributed by atoms with van der Waals surface area (Å²) >= 11 is 1.14. The number of carbonyl (C=O) groups excluding carboxylic acids is 1. The minimum absolute atomic E-state index is 0.206. The molecule has 0 bridgehead atoms. The van der Waals surface area contributed by atoms with Crippen molar-refractivity contribution in [1.29, 1.82) is 0 Å². The number of benzene rings is 1. The van der Waals surface area contributed by atoms with Gasteiger partial charge in [-0.3, -0.25) is 4.79 Å². The molecular formula is C16H20N4O3S. The number of rotatable bonds is 5. The van der Waals surface area contributed by atoms with Crippen molar-refractivity contribution in [3.8, 4) is 0 Å². The number of hydrogen-bond acceptors (Lipinski definition) is 7. The molecule has 7 nitrogen and oxygen atoms in total. The number of nitrogens with one attached hydrogen (secondary N) is 1. The summed E-state index contributed by atoms with van der Waals surface area (Å²) in [5, 5.41) is 4.05. The fourth-order valence-corrected chi connectivity index (χ4v) is 3.58. The molecule has 1 aromatic carbocycles. The molecule has 3 rings (SSSR count). The first-order chi connectivity index (χ1) is 11.6. The molecule has 3 N–H and O–H groups in total. The van der Waals surface area contributed by atoms with E-state index >= 15 is 0 Å². The van der Waals surface area contributed by atoms with Gasteiger partial charge in [0.15, 0.2) is 5.82 Å². The first kappa shape index (κ1) is 16.4. The van der Waals surface area contributed by atoms with Gasteiger partial charge >= 0.3 is 10.8 Å². The van der Waals surface area contributed by atoms with Crippen LogP contribution in [0.25, 0.3) is 0 Å². The van der Waals surface area contributed by atoms with Gasteiger partial charge in [-0.25, -0.2) is 4.79 Å². The molecule has 1 aliphatic rings. The summed E-state index contributed by atoms with van der Waals surface area (Å²) in [6, 6.07) is 6.90. The maximum atomic E-state index is 12.0.